The van der Waals surface area contributed by atoms with Gasteiger partial charge in [-0.1, -0.05) is 0 Å². The van der Waals surface area contributed by atoms with Gasteiger partial charge in [0.15, 0.2) is 0 Å². The third-order valence-corrected chi connectivity index (χ3v) is 2.64. The summed E-state index contributed by atoms with van der Waals surface area (Å²) in [5.74, 6) is -0.312. The number of esters is 1. The van der Waals surface area contributed by atoms with Crippen LogP contribution in [0.3, 0.4) is 0 Å². The van der Waals surface area contributed by atoms with Crippen molar-refractivity contribution in [2.45, 2.75) is 12.8 Å². The highest BCUT2D eigenvalue weighted by atomic mass is 16.5. The second kappa shape index (κ2) is 5.70. The van der Waals surface area contributed by atoms with Gasteiger partial charge in [-0.2, -0.15) is 0 Å². The van der Waals surface area contributed by atoms with E-state index in [9.17, 15) is 9.59 Å². The topological polar surface area (TPSA) is 58.6 Å². The number of hydrogen-bond donors (Lipinski definition) is 1. The predicted octanol–water partition coefficient (Wildman–Crippen LogP) is -0.383. The van der Waals surface area contributed by atoms with Crippen LogP contribution >= 0.6 is 0 Å². The van der Waals surface area contributed by atoms with Crippen LogP contribution in [0.2, 0.25) is 0 Å². The molecule has 0 radical (unpaired) electrons. The molecule has 0 spiro atoms. The summed E-state index contributed by atoms with van der Waals surface area (Å²) in [4.78, 5) is 24.6. The lowest BCUT2D eigenvalue weighted by molar-refractivity contribution is -0.148. The third-order valence-electron chi connectivity index (χ3n) is 2.64. The number of carbonyl (C=O) groups is 2. The molecule has 5 heteroatoms. The smallest absolute Gasteiger partial charge is 0.310 e. The fourth-order valence-electron chi connectivity index (χ4n) is 1.83. The molecule has 1 N–H and O–H groups in total. The molecule has 1 unspecified atom stereocenters. The molecule has 0 aromatic rings. The van der Waals surface area contributed by atoms with Gasteiger partial charge >= 0.3 is 5.97 Å². The summed E-state index contributed by atoms with van der Waals surface area (Å²) in [7, 11) is 3.12. The monoisotopic (exact) mass is 214 g/mol. The Hall–Kier alpha value is -1.10. The van der Waals surface area contributed by atoms with E-state index in [1.807, 2.05) is 0 Å². The van der Waals surface area contributed by atoms with Crippen molar-refractivity contribution in [3.8, 4) is 0 Å². The van der Waals surface area contributed by atoms with Gasteiger partial charge in [0, 0.05) is 13.1 Å². The second-order valence-electron chi connectivity index (χ2n) is 3.73. The molecule has 1 fully saturated rings. The maximum atomic E-state index is 11.6. The van der Waals surface area contributed by atoms with E-state index >= 15 is 0 Å². The van der Waals surface area contributed by atoms with E-state index in [4.69, 9.17) is 0 Å². The molecule has 1 aliphatic heterocycles. The first-order valence-corrected chi connectivity index (χ1v) is 5.19. The molecule has 15 heavy (non-hydrogen) atoms. The van der Waals surface area contributed by atoms with Crippen molar-refractivity contribution in [2.24, 2.45) is 5.92 Å². The van der Waals surface area contributed by atoms with Crippen LogP contribution in [0, 0.1) is 5.92 Å². The van der Waals surface area contributed by atoms with Crippen molar-refractivity contribution in [3.05, 3.63) is 0 Å². The van der Waals surface area contributed by atoms with E-state index in [0.717, 1.165) is 19.4 Å². The summed E-state index contributed by atoms with van der Waals surface area (Å²) < 4.78 is 4.69. The van der Waals surface area contributed by atoms with Gasteiger partial charge in [0.1, 0.15) is 0 Å². The first-order chi connectivity index (χ1) is 7.19. The molecule has 0 bridgehead atoms. The van der Waals surface area contributed by atoms with Gasteiger partial charge in [-0.05, 0) is 19.9 Å². The molecular formula is C10H18N2O3. The van der Waals surface area contributed by atoms with Crippen LogP contribution in [0.4, 0.5) is 0 Å². The maximum absolute atomic E-state index is 11.6. The number of ether oxygens (including phenoxy) is 1. The van der Waals surface area contributed by atoms with Crippen molar-refractivity contribution in [1.82, 2.24) is 10.2 Å². The van der Waals surface area contributed by atoms with Gasteiger partial charge < -0.3 is 15.0 Å². The highest BCUT2D eigenvalue weighted by Gasteiger charge is 2.28. The summed E-state index contributed by atoms with van der Waals surface area (Å²) in [6, 6.07) is 0. The second-order valence-corrected chi connectivity index (χ2v) is 3.73. The normalized spacial score (nSPS) is 21.2. The van der Waals surface area contributed by atoms with Crippen molar-refractivity contribution in [3.63, 3.8) is 0 Å². The zero-order chi connectivity index (χ0) is 11.3. The standard InChI is InChI=1S/C10H18N2O3/c1-11-6-9(13)12-5-3-4-8(7-12)10(14)15-2/h8,11H,3-7H2,1-2H3. The summed E-state index contributed by atoms with van der Waals surface area (Å²) in [5.41, 5.74) is 0. The van der Waals surface area contributed by atoms with Gasteiger partial charge in [0.05, 0.1) is 19.6 Å². The Morgan fingerprint density at radius 3 is 2.87 bits per heavy atom. The molecule has 1 atom stereocenters. The summed E-state index contributed by atoms with van der Waals surface area (Å²) in [6.45, 7) is 1.56. The minimum absolute atomic E-state index is 0.0473. The molecule has 0 aromatic carbocycles. The SMILES string of the molecule is CNCC(=O)N1CCCC(C(=O)OC)C1. The molecule has 5 nitrogen and oxygen atoms in total. The molecule has 1 saturated heterocycles. The predicted molar refractivity (Wildman–Crippen MR) is 55.2 cm³/mol. The highest BCUT2D eigenvalue weighted by Crippen LogP contribution is 2.17. The molecule has 1 heterocycles. The molecule has 0 aliphatic carbocycles. The average molecular weight is 214 g/mol. The van der Waals surface area contributed by atoms with E-state index in [-0.39, 0.29) is 17.8 Å². The maximum Gasteiger partial charge on any atom is 0.310 e. The van der Waals surface area contributed by atoms with E-state index in [1.54, 1.807) is 11.9 Å². The van der Waals surface area contributed by atoms with Crippen LogP contribution in [0.5, 0.6) is 0 Å². The fourth-order valence-corrected chi connectivity index (χ4v) is 1.83. The van der Waals surface area contributed by atoms with Crippen LogP contribution in [0.25, 0.3) is 0 Å². The average Bonchev–Trinajstić information content (AvgIpc) is 2.28. The number of likely N-dealkylation sites (tertiary alicyclic amines) is 1. The zero-order valence-corrected chi connectivity index (χ0v) is 9.28. The van der Waals surface area contributed by atoms with Crippen LogP contribution in [0.1, 0.15) is 12.8 Å². The third kappa shape index (κ3) is 3.20. The van der Waals surface area contributed by atoms with E-state index in [2.05, 4.69) is 10.1 Å². The minimum Gasteiger partial charge on any atom is -0.469 e. The van der Waals surface area contributed by atoms with Crippen molar-refractivity contribution in [1.29, 1.82) is 0 Å². The number of likely N-dealkylation sites (N-methyl/N-ethyl adjacent to an activating group) is 1. The van der Waals surface area contributed by atoms with Crippen LogP contribution in [-0.2, 0) is 14.3 Å². The molecular weight excluding hydrogens is 196 g/mol. The minimum atomic E-state index is -0.211. The summed E-state index contributed by atoms with van der Waals surface area (Å²) >= 11 is 0. The van der Waals surface area contributed by atoms with Crippen LogP contribution in [-0.4, -0.2) is 50.6 Å². The number of amides is 1. The number of nitrogens with zero attached hydrogens (tertiary/aromatic N) is 1. The van der Waals surface area contributed by atoms with Gasteiger partial charge in [-0.25, -0.2) is 0 Å². The van der Waals surface area contributed by atoms with Crippen LogP contribution < -0.4 is 5.32 Å². The number of hydrogen-bond acceptors (Lipinski definition) is 4. The number of nitrogens with one attached hydrogen (secondary N) is 1. The van der Waals surface area contributed by atoms with Crippen molar-refractivity contribution in [2.75, 3.05) is 33.8 Å². The molecule has 1 aliphatic rings. The summed E-state index contributed by atoms with van der Waals surface area (Å²) in [6.07, 6.45) is 1.69. The van der Waals surface area contributed by atoms with Gasteiger partial charge in [0.2, 0.25) is 5.91 Å². The number of piperidine rings is 1. The van der Waals surface area contributed by atoms with Crippen molar-refractivity contribution < 1.29 is 14.3 Å². The van der Waals surface area contributed by atoms with E-state index in [0.29, 0.717) is 13.1 Å². The highest BCUT2D eigenvalue weighted by molar-refractivity contribution is 5.80. The Balaban J connectivity index is 2.48. The molecule has 86 valence electrons. The number of methoxy groups -OCH3 is 1. The lowest BCUT2D eigenvalue weighted by atomic mass is 9.98. The Bertz CT molecular complexity index is 243. The fraction of sp³-hybridized carbons (Fsp3) is 0.800. The number of rotatable bonds is 3. The Morgan fingerprint density at radius 1 is 1.53 bits per heavy atom. The molecule has 1 rings (SSSR count). The number of carbonyl (C=O) groups excluding carboxylic acids is 2. The summed E-state index contributed by atoms with van der Waals surface area (Å²) in [5, 5.41) is 2.82. The van der Waals surface area contributed by atoms with Gasteiger partial charge in [-0.15, -0.1) is 0 Å². The molecule has 0 aromatic heterocycles. The lowest BCUT2D eigenvalue weighted by Gasteiger charge is -2.31. The Kier molecular flexibility index (Phi) is 4.55. The van der Waals surface area contributed by atoms with E-state index < -0.39 is 0 Å². The van der Waals surface area contributed by atoms with Gasteiger partial charge in [0.25, 0.3) is 0 Å². The first kappa shape index (κ1) is 12.0. The Morgan fingerprint density at radius 2 is 2.27 bits per heavy atom. The van der Waals surface area contributed by atoms with Gasteiger partial charge in [-0.3, -0.25) is 9.59 Å². The largest absolute Gasteiger partial charge is 0.469 e. The van der Waals surface area contributed by atoms with Crippen LogP contribution in [0.15, 0.2) is 0 Å². The first-order valence-electron chi connectivity index (χ1n) is 5.19. The quantitative estimate of drug-likeness (QED) is 0.650. The Labute approximate surface area is 89.8 Å². The van der Waals surface area contributed by atoms with E-state index in [1.165, 1.54) is 7.11 Å². The molecule has 1 amide bonds. The lowest BCUT2D eigenvalue weighted by Crippen LogP contribution is -2.45. The zero-order valence-electron chi connectivity index (χ0n) is 9.28. The van der Waals surface area contributed by atoms with Crippen molar-refractivity contribution >= 4 is 11.9 Å². The molecule has 0 saturated carbocycles.